The van der Waals surface area contributed by atoms with Gasteiger partial charge in [0.1, 0.15) is 12.3 Å². The number of nitrogens with one attached hydrogen (secondary N) is 2. The van der Waals surface area contributed by atoms with E-state index in [-0.39, 0.29) is 12.5 Å². The predicted molar refractivity (Wildman–Crippen MR) is 48.7 cm³/mol. The van der Waals surface area contributed by atoms with Crippen LogP contribution in [0.25, 0.3) is 0 Å². The Morgan fingerprint density at radius 1 is 1.33 bits per heavy atom. The van der Waals surface area contributed by atoms with E-state index in [1.807, 2.05) is 0 Å². The molecule has 0 unspecified atom stereocenters. The molecule has 0 aromatic carbocycles. The van der Waals surface area contributed by atoms with E-state index in [0.717, 1.165) is 0 Å². The molecule has 0 aromatic heterocycles. The highest BCUT2D eigenvalue weighted by molar-refractivity contribution is 5.74. The number of piperidine rings is 1. The number of carboxylic acid groups (broad SMARTS) is 1. The summed E-state index contributed by atoms with van der Waals surface area (Å²) >= 11 is 0. The van der Waals surface area contributed by atoms with Crippen molar-refractivity contribution in [2.24, 2.45) is 5.92 Å². The molecule has 4 atom stereocenters. The van der Waals surface area contributed by atoms with Crippen molar-refractivity contribution in [1.29, 1.82) is 0 Å². The lowest BCUT2D eigenvalue weighted by Gasteiger charge is -2.36. The molecule has 1 fully saturated rings. The second-order valence-electron chi connectivity index (χ2n) is 3.51. The third kappa shape index (κ3) is 2.65. The Balaban J connectivity index is 2.64. The van der Waals surface area contributed by atoms with E-state index < -0.39 is 30.3 Å². The van der Waals surface area contributed by atoms with Gasteiger partial charge in [0.05, 0.1) is 12.0 Å². The molecule has 1 amide bonds. The third-order valence-electron chi connectivity index (χ3n) is 2.34. The maximum atomic E-state index is 10.7. The van der Waals surface area contributed by atoms with E-state index in [9.17, 15) is 19.8 Å². The molecule has 0 radical (unpaired) electrons. The Morgan fingerprint density at radius 3 is 2.40 bits per heavy atom. The zero-order valence-corrected chi connectivity index (χ0v) is 8.17. The summed E-state index contributed by atoms with van der Waals surface area (Å²) in [5.41, 5.74) is 0. The van der Waals surface area contributed by atoms with Crippen LogP contribution < -0.4 is 10.6 Å². The summed E-state index contributed by atoms with van der Waals surface area (Å²) in [6.07, 6.45) is -3.53. The fourth-order valence-corrected chi connectivity index (χ4v) is 1.52. The zero-order chi connectivity index (χ0) is 11.6. The van der Waals surface area contributed by atoms with Crippen molar-refractivity contribution >= 4 is 11.9 Å². The van der Waals surface area contributed by atoms with Crippen molar-refractivity contribution in [1.82, 2.24) is 10.6 Å². The first kappa shape index (κ1) is 11.9. The maximum Gasteiger partial charge on any atom is 0.310 e. The number of amides is 1. The highest BCUT2D eigenvalue weighted by Crippen LogP contribution is 2.15. The van der Waals surface area contributed by atoms with Gasteiger partial charge in [-0.3, -0.25) is 14.9 Å². The third-order valence-corrected chi connectivity index (χ3v) is 2.34. The number of aliphatic hydroxyl groups is 2. The summed E-state index contributed by atoms with van der Waals surface area (Å²) in [5, 5.41) is 32.7. The SMILES string of the molecule is CC(=O)N[C@H]1NC[C@@H](C(=O)O)[C@@H](O)[C@H]1O. The molecule has 5 N–H and O–H groups in total. The minimum Gasteiger partial charge on any atom is -0.481 e. The quantitative estimate of drug-likeness (QED) is 0.349. The molecule has 1 aliphatic heterocycles. The van der Waals surface area contributed by atoms with Gasteiger partial charge in [0.25, 0.3) is 0 Å². The normalized spacial score (nSPS) is 35.9. The number of hydrogen-bond donors (Lipinski definition) is 5. The Hall–Kier alpha value is -1.18. The number of aliphatic carboxylic acids is 1. The van der Waals surface area contributed by atoms with Gasteiger partial charge < -0.3 is 20.6 Å². The molecule has 1 saturated heterocycles. The minimum absolute atomic E-state index is 0.00148. The molecule has 0 bridgehead atoms. The maximum absolute atomic E-state index is 10.7. The Morgan fingerprint density at radius 2 is 1.93 bits per heavy atom. The van der Waals surface area contributed by atoms with Gasteiger partial charge in [0.2, 0.25) is 5.91 Å². The first-order chi connectivity index (χ1) is 6.93. The first-order valence-electron chi connectivity index (χ1n) is 4.53. The Kier molecular flexibility index (Phi) is 3.61. The zero-order valence-electron chi connectivity index (χ0n) is 8.17. The van der Waals surface area contributed by atoms with E-state index in [1.165, 1.54) is 6.92 Å². The second kappa shape index (κ2) is 4.56. The fourth-order valence-electron chi connectivity index (χ4n) is 1.52. The van der Waals surface area contributed by atoms with Crippen LogP contribution in [0.2, 0.25) is 0 Å². The first-order valence-corrected chi connectivity index (χ1v) is 4.53. The summed E-state index contributed by atoms with van der Waals surface area (Å²) in [6.45, 7) is 1.27. The monoisotopic (exact) mass is 218 g/mol. The molecule has 7 heteroatoms. The molecular weight excluding hydrogens is 204 g/mol. The average molecular weight is 218 g/mol. The fraction of sp³-hybridized carbons (Fsp3) is 0.750. The average Bonchev–Trinajstić information content (AvgIpc) is 2.12. The van der Waals surface area contributed by atoms with Gasteiger partial charge in [-0.25, -0.2) is 0 Å². The van der Waals surface area contributed by atoms with Gasteiger partial charge in [0, 0.05) is 13.5 Å². The molecule has 0 aliphatic carbocycles. The predicted octanol–water partition coefficient (Wildman–Crippen LogP) is -2.53. The smallest absolute Gasteiger partial charge is 0.310 e. The van der Waals surface area contributed by atoms with Crippen molar-refractivity contribution in [3.05, 3.63) is 0 Å². The van der Waals surface area contributed by atoms with Crippen LogP contribution in [0, 0.1) is 5.92 Å². The van der Waals surface area contributed by atoms with Gasteiger partial charge in [-0.05, 0) is 0 Å². The van der Waals surface area contributed by atoms with Crippen LogP contribution in [0.4, 0.5) is 0 Å². The topological polar surface area (TPSA) is 119 Å². The van der Waals surface area contributed by atoms with Gasteiger partial charge in [0.15, 0.2) is 0 Å². The van der Waals surface area contributed by atoms with Crippen molar-refractivity contribution in [2.75, 3.05) is 6.54 Å². The molecule has 0 saturated carbocycles. The van der Waals surface area contributed by atoms with Crippen LogP contribution in [0.5, 0.6) is 0 Å². The van der Waals surface area contributed by atoms with Gasteiger partial charge >= 0.3 is 5.97 Å². The molecule has 0 spiro atoms. The van der Waals surface area contributed by atoms with Gasteiger partial charge in [-0.15, -0.1) is 0 Å². The van der Waals surface area contributed by atoms with Crippen molar-refractivity contribution < 1.29 is 24.9 Å². The molecule has 0 aromatic rings. The highest BCUT2D eigenvalue weighted by atomic mass is 16.4. The summed E-state index contributed by atoms with van der Waals surface area (Å²) in [7, 11) is 0. The summed E-state index contributed by atoms with van der Waals surface area (Å²) < 4.78 is 0. The van der Waals surface area contributed by atoms with Crippen LogP contribution in [0.3, 0.4) is 0 Å². The van der Waals surface area contributed by atoms with Crippen LogP contribution in [-0.2, 0) is 9.59 Å². The van der Waals surface area contributed by atoms with E-state index in [1.54, 1.807) is 0 Å². The van der Waals surface area contributed by atoms with Crippen LogP contribution in [-0.4, -0.2) is 52.1 Å². The van der Waals surface area contributed by atoms with Gasteiger partial charge in [-0.1, -0.05) is 0 Å². The second-order valence-corrected chi connectivity index (χ2v) is 3.51. The lowest BCUT2D eigenvalue weighted by molar-refractivity contribution is -0.153. The van der Waals surface area contributed by atoms with Crippen LogP contribution in [0.15, 0.2) is 0 Å². The van der Waals surface area contributed by atoms with E-state index in [2.05, 4.69) is 10.6 Å². The number of carboxylic acids is 1. The Labute approximate surface area is 86.1 Å². The standard InChI is InChI=1S/C8H14N2O5/c1-3(11)10-7-6(13)5(12)4(2-9-7)8(14)15/h4-7,9,12-13H,2H2,1H3,(H,10,11)(H,14,15)/t4-,5-,6-,7-/m1/s1. The molecule has 1 rings (SSSR count). The number of carbonyl (C=O) groups excluding carboxylic acids is 1. The minimum atomic E-state index is -1.39. The lowest BCUT2D eigenvalue weighted by atomic mass is 9.92. The molecule has 86 valence electrons. The number of hydrogen-bond acceptors (Lipinski definition) is 5. The summed E-state index contributed by atoms with van der Waals surface area (Å²) in [5.74, 6) is -2.62. The van der Waals surface area contributed by atoms with Crippen LogP contribution in [0.1, 0.15) is 6.92 Å². The molecule has 1 aliphatic rings. The van der Waals surface area contributed by atoms with E-state index >= 15 is 0 Å². The molecular formula is C8H14N2O5. The summed E-state index contributed by atoms with van der Waals surface area (Å²) in [6, 6.07) is 0. The largest absolute Gasteiger partial charge is 0.481 e. The van der Waals surface area contributed by atoms with Crippen LogP contribution >= 0.6 is 0 Å². The lowest BCUT2D eigenvalue weighted by Crippen LogP contribution is -2.64. The van der Waals surface area contributed by atoms with Crippen molar-refractivity contribution in [3.63, 3.8) is 0 Å². The van der Waals surface area contributed by atoms with Crippen molar-refractivity contribution in [3.8, 4) is 0 Å². The van der Waals surface area contributed by atoms with Crippen molar-refractivity contribution in [2.45, 2.75) is 25.3 Å². The highest BCUT2D eigenvalue weighted by Gasteiger charge is 2.41. The summed E-state index contributed by atoms with van der Waals surface area (Å²) in [4.78, 5) is 21.4. The molecule has 7 nitrogen and oxygen atoms in total. The van der Waals surface area contributed by atoms with Gasteiger partial charge in [-0.2, -0.15) is 0 Å². The number of carbonyl (C=O) groups is 2. The Bertz CT molecular complexity index is 268. The number of aliphatic hydroxyl groups excluding tert-OH is 2. The number of rotatable bonds is 2. The van der Waals surface area contributed by atoms with E-state index in [0.29, 0.717) is 0 Å². The van der Waals surface area contributed by atoms with E-state index in [4.69, 9.17) is 5.11 Å². The molecule has 1 heterocycles. The molecule has 15 heavy (non-hydrogen) atoms.